The van der Waals surface area contributed by atoms with Gasteiger partial charge in [-0.1, -0.05) is 36.4 Å². The summed E-state index contributed by atoms with van der Waals surface area (Å²) in [6.45, 7) is 0. The van der Waals surface area contributed by atoms with E-state index in [4.69, 9.17) is 0 Å². The third-order valence-corrected chi connectivity index (χ3v) is 2.48. The van der Waals surface area contributed by atoms with Crippen molar-refractivity contribution < 1.29 is 0 Å². The molecule has 71 valence electrons. The van der Waals surface area contributed by atoms with Crippen LogP contribution < -0.4 is 0 Å². The van der Waals surface area contributed by atoms with Gasteiger partial charge < -0.3 is 0 Å². The minimum atomic E-state index is 1.12. The topological polar surface area (TPSA) is 17.8 Å². The Kier molecular flexibility index (Phi) is 1.78. The van der Waals surface area contributed by atoms with E-state index in [2.05, 4.69) is 35.6 Å². The van der Waals surface area contributed by atoms with Gasteiger partial charge in [-0.25, -0.2) is 4.98 Å². The monoisotopic (exact) mass is 193 g/mol. The number of benzene rings is 2. The number of fused-ring (bicyclic) bond motifs is 1. The zero-order chi connectivity index (χ0) is 10.1. The predicted octanol–water partition coefficient (Wildman–Crippen LogP) is 2.83. The maximum atomic E-state index is 3.94. The second kappa shape index (κ2) is 3.24. The molecule has 3 rings (SSSR count). The summed E-state index contributed by atoms with van der Waals surface area (Å²) < 4.78 is 1.91. The summed E-state index contributed by atoms with van der Waals surface area (Å²) in [5.41, 5.74) is 1.12. The molecular formula is C13H9N2. The quantitative estimate of drug-likeness (QED) is 0.581. The summed E-state index contributed by atoms with van der Waals surface area (Å²) in [5.74, 6) is 0. The molecule has 0 bridgehead atoms. The number of nitrogens with zero attached hydrogens (tertiary/aromatic N) is 2. The van der Waals surface area contributed by atoms with E-state index in [9.17, 15) is 0 Å². The molecule has 0 unspecified atom stereocenters. The first-order valence-corrected chi connectivity index (χ1v) is 4.84. The third-order valence-electron chi connectivity index (χ3n) is 2.48. The van der Waals surface area contributed by atoms with Gasteiger partial charge in [0, 0.05) is 17.8 Å². The first-order chi connectivity index (χ1) is 7.45. The van der Waals surface area contributed by atoms with Crippen LogP contribution in [0.5, 0.6) is 0 Å². The van der Waals surface area contributed by atoms with Gasteiger partial charge in [-0.05, 0) is 11.5 Å². The van der Waals surface area contributed by atoms with Crippen molar-refractivity contribution in [3.05, 3.63) is 61.2 Å². The Bertz CT molecular complexity index is 577. The Morgan fingerprint density at radius 1 is 1.00 bits per heavy atom. The van der Waals surface area contributed by atoms with Crippen molar-refractivity contribution in [2.45, 2.75) is 0 Å². The molecule has 0 aliphatic carbocycles. The number of rotatable bonds is 1. The highest BCUT2D eigenvalue weighted by molar-refractivity contribution is 5.90. The van der Waals surface area contributed by atoms with Gasteiger partial charge in [0.1, 0.15) is 0 Å². The Hall–Kier alpha value is -2.09. The number of imidazole rings is 1. The first-order valence-electron chi connectivity index (χ1n) is 4.84. The fourth-order valence-electron chi connectivity index (χ4n) is 1.78. The van der Waals surface area contributed by atoms with Crippen LogP contribution in [0.15, 0.2) is 54.9 Å². The lowest BCUT2D eigenvalue weighted by Gasteiger charge is -2.05. The van der Waals surface area contributed by atoms with E-state index in [0.29, 0.717) is 0 Å². The second-order valence-corrected chi connectivity index (χ2v) is 3.40. The van der Waals surface area contributed by atoms with Crippen molar-refractivity contribution in [3.8, 4) is 5.69 Å². The van der Waals surface area contributed by atoms with Crippen LogP contribution in [-0.2, 0) is 0 Å². The van der Waals surface area contributed by atoms with E-state index >= 15 is 0 Å². The van der Waals surface area contributed by atoms with Crippen LogP contribution in [0.3, 0.4) is 0 Å². The minimum Gasteiger partial charge on any atom is -0.297 e. The van der Waals surface area contributed by atoms with E-state index in [1.807, 2.05) is 29.0 Å². The lowest BCUT2D eigenvalue weighted by molar-refractivity contribution is 1.05. The molecule has 2 aromatic carbocycles. The molecule has 0 spiro atoms. The summed E-state index contributed by atoms with van der Waals surface area (Å²) in [5, 5.41) is 2.45. The summed E-state index contributed by atoms with van der Waals surface area (Å²) in [6, 6.07) is 14.5. The smallest absolute Gasteiger partial charge is 0.181 e. The molecule has 0 fully saturated rings. The van der Waals surface area contributed by atoms with Crippen molar-refractivity contribution >= 4 is 10.8 Å². The van der Waals surface area contributed by atoms with Crippen molar-refractivity contribution in [2.24, 2.45) is 0 Å². The van der Waals surface area contributed by atoms with Gasteiger partial charge >= 0.3 is 0 Å². The van der Waals surface area contributed by atoms with E-state index in [0.717, 1.165) is 5.69 Å². The molecule has 1 heterocycles. The summed E-state index contributed by atoms with van der Waals surface area (Å²) >= 11 is 0. The molecule has 0 N–H and O–H groups in total. The molecule has 0 amide bonds. The average Bonchev–Trinajstić information content (AvgIpc) is 2.82. The van der Waals surface area contributed by atoms with Gasteiger partial charge in [0.05, 0.1) is 5.69 Å². The van der Waals surface area contributed by atoms with Crippen LogP contribution in [0.2, 0.25) is 0 Å². The standard InChI is InChI=1S/C13H9N2/c1-2-6-12-11(4-1)5-3-7-13(12)15-9-8-14-10-15/h1-9H. The third kappa shape index (κ3) is 1.31. The lowest BCUT2D eigenvalue weighted by Crippen LogP contribution is -1.91. The van der Waals surface area contributed by atoms with Crippen LogP contribution >= 0.6 is 0 Å². The minimum absolute atomic E-state index is 1.12. The molecule has 0 aliphatic rings. The fourth-order valence-corrected chi connectivity index (χ4v) is 1.78. The molecule has 0 atom stereocenters. The molecule has 2 heteroatoms. The molecule has 0 saturated carbocycles. The molecule has 0 aliphatic heterocycles. The highest BCUT2D eigenvalue weighted by Crippen LogP contribution is 2.21. The van der Waals surface area contributed by atoms with Crippen LogP contribution in [0.25, 0.3) is 16.5 Å². The van der Waals surface area contributed by atoms with Gasteiger partial charge in [-0.3, -0.25) is 4.57 Å². The zero-order valence-corrected chi connectivity index (χ0v) is 8.09. The average molecular weight is 193 g/mol. The zero-order valence-electron chi connectivity index (χ0n) is 8.09. The maximum Gasteiger partial charge on any atom is 0.181 e. The Morgan fingerprint density at radius 3 is 2.73 bits per heavy atom. The van der Waals surface area contributed by atoms with E-state index in [-0.39, 0.29) is 0 Å². The Morgan fingerprint density at radius 2 is 1.87 bits per heavy atom. The van der Waals surface area contributed by atoms with Gasteiger partial charge in [0.15, 0.2) is 6.33 Å². The largest absolute Gasteiger partial charge is 0.297 e. The van der Waals surface area contributed by atoms with Crippen LogP contribution in [0.4, 0.5) is 0 Å². The van der Waals surface area contributed by atoms with Crippen molar-refractivity contribution in [1.82, 2.24) is 9.55 Å². The van der Waals surface area contributed by atoms with Crippen LogP contribution in [0.1, 0.15) is 0 Å². The molecule has 0 saturated heterocycles. The molecular weight excluding hydrogens is 184 g/mol. The molecule has 2 nitrogen and oxygen atoms in total. The summed E-state index contributed by atoms with van der Waals surface area (Å²) in [4.78, 5) is 3.94. The second-order valence-electron chi connectivity index (χ2n) is 3.40. The van der Waals surface area contributed by atoms with Crippen molar-refractivity contribution in [2.75, 3.05) is 0 Å². The molecule has 15 heavy (non-hydrogen) atoms. The normalized spacial score (nSPS) is 10.7. The lowest BCUT2D eigenvalue weighted by atomic mass is 10.1. The highest BCUT2D eigenvalue weighted by atomic mass is 15.0. The maximum absolute atomic E-state index is 3.94. The molecule has 1 aromatic heterocycles. The number of hydrogen-bond donors (Lipinski definition) is 0. The van der Waals surface area contributed by atoms with E-state index < -0.39 is 0 Å². The number of hydrogen-bond acceptors (Lipinski definition) is 1. The van der Waals surface area contributed by atoms with Crippen LogP contribution in [-0.4, -0.2) is 9.55 Å². The highest BCUT2D eigenvalue weighted by Gasteiger charge is 2.01. The van der Waals surface area contributed by atoms with Gasteiger partial charge in [0.25, 0.3) is 0 Å². The Labute approximate surface area is 87.8 Å². The Balaban J connectivity index is 2.36. The van der Waals surface area contributed by atoms with Gasteiger partial charge in [0.2, 0.25) is 0 Å². The summed E-state index contributed by atoms with van der Waals surface area (Å²) in [6.07, 6.45) is 6.55. The van der Waals surface area contributed by atoms with E-state index in [1.54, 1.807) is 6.20 Å². The van der Waals surface area contributed by atoms with Gasteiger partial charge in [-0.15, -0.1) is 0 Å². The first kappa shape index (κ1) is 8.24. The van der Waals surface area contributed by atoms with Crippen molar-refractivity contribution in [1.29, 1.82) is 0 Å². The van der Waals surface area contributed by atoms with E-state index in [1.165, 1.54) is 10.8 Å². The van der Waals surface area contributed by atoms with Crippen LogP contribution in [0, 0.1) is 6.33 Å². The summed E-state index contributed by atoms with van der Waals surface area (Å²) in [7, 11) is 0. The molecule has 1 radical (unpaired) electrons. The van der Waals surface area contributed by atoms with Gasteiger partial charge in [-0.2, -0.15) is 0 Å². The SMILES string of the molecule is [c]1nccn1-c1cccc2ccccc12. The predicted molar refractivity (Wildman–Crippen MR) is 59.9 cm³/mol. The van der Waals surface area contributed by atoms with Crippen molar-refractivity contribution in [3.63, 3.8) is 0 Å². The fraction of sp³-hybridized carbons (Fsp3) is 0. The number of aromatic nitrogens is 2. The molecule has 3 aromatic rings.